The van der Waals surface area contributed by atoms with Gasteiger partial charge in [-0.05, 0) is 61.9 Å². The summed E-state index contributed by atoms with van der Waals surface area (Å²) in [4.78, 5) is 13.7. The molecule has 0 fully saturated rings. The zero-order chi connectivity index (χ0) is 19.5. The van der Waals surface area contributed by atoms with E-state index in [4.69, 9.17) is 4.98 Å². The fraction of sp³-hybridized carbons (Fsp3) is 0.190. The number of aryl methyl sites for hydroxylation is 3. The van der Waals surface area contributed by atoms with Crippen LogP contribution in [0.4, 0.5) is 0 Å². The lowest BCUT2D eigenvalue weighted by atomic mass is 10.2. The maximum absolute atomic E-state index is 4.72. The van der Waals surface area contributed by atoms with E-state index in [-0.39, 0.29) is 0 Å². The fourth-order valence-corrected chi connectivity index (χ4v) is 3.83. The number of hydrogen-bond acceptors (Lipinski definition) is 6. The third-order valence-electron chi connectivity index (χ3n) is 4.36. The minimum atomic E-state index is 0.626. The van der Waals surface area contributed by atoms with Crippen molar-refractivity contribution in [1.29, 1.82) is 0 Å². The van der Waals surface area contributed by atoms with E-state index in [1.807, 2.05) is 43.3 Å². The van der Waals surface area contributed by atoms with E-state index in [1.54, 1.807) is 6.20 Å². The van der Waals surface area contributed by atoms with E-state index in [0.29, 0.717) is 5.82 Å². The van der Waals surface area contributed by atoms with Gasteiger partial charge in [0.25, 0.3) is 0 Å². The first-order valence-electron chi connectivity index (χ1n) is 9.11. The van der Waals surface area contributed by atoms with Crippen LogP contribution < -0.4 is 0 Å². The van der Waals surface area contributed by atoms with Gasteiger partial charge in [-0.2, -0.15) is 0 Å². The van der Waals surface area contributed by atoms with E-state index >= 15 is 0 Å². The zero-order valence-corrected chi connectivity index (χ0v) is 16.8. The summed E-state index contributed by atoms with van der Waals surface area (Å²) in [7, 11) is 0. The van der Waals surface area contributed by atoms with Crippen molar-refractivity contribution in [2.45, 2.75) is 37.4 Å². The Bertz CT molecular complexity index is 1110. The summed E-state index contributed by atoms with van der Waals surface area (Å²) in [5, 5.41) is 10.3. The largest absolute Gasteiger partial charge is 0.274 e. The van der Waals surface area contributed by atoms with Crippen LogP contribution in [0, 0.1) is 13.8 Å². The molecule has 28 heavy (non-hydrogen) atoms. The third kappa shape index (κ3) is 3.66. The molecule has 140 valence electrons. The van der Waals surface area contributed by atoms with E-state index in [2.05, 4.69) is 50.7 Å². The van der Waals surface area contributed by atoms with Crippen LogP contribution in [0.2, 0.25) is 0 Å². The van der Waals surface area contributed by atoms with Gasteiger partial charge in [0.1, 0.15) is 16.5 Å². The Balaban J connectivity index is 1.76. The smallest absolute Gasteiger partial charge is 0.202 e. The summed E-state index contributed by atoms with van der Waals surface area (Å²) < 4.78 is 2.06. The first-order valence-corrected chi connectivity index (χ1v) is 9.92. The van der Waals surface area contributed by atoms with Gasteiger partial charge in [-0.3, -0.25) is 9.55 Å². The number of rotatable bonds is 5. The van der Waals surface area contributed by atoms with Crippen LogP contribution in [0.3, 0.4) is 0 Å². The molecule has 6 nitrogen and oxygen atoms in total. The van der Waals surface area contributed by atoms with Crippen LogP contribution in [0.25, 0.3) is 17.2 Å². The first kappa shape index (κ1) is 18.3. The molecule has 0 aliphatic carbocycles. The lowest BCUT2D eigenvalue weighted by molar-refractivity contribution is 0.857. The van der Waals surface area contributed by atoms with Gasteiger partial charge in [0.05, 0.1) is 5.69 Å². The van der Waals surface area contributed by atoms with Gasteiger partial charge in [-0.25, -0.2) is 9.97 Å². The predicted molar refractivity (Wildman–Crippen MR) is 110 cm³/mol. The van der Waals surface area contributed by atoms with Crippen LogP contribution in [-0.2, 0) is 6.42 Å². The molecule has 3 aromatic heterocycles. The molecule has 0 saturated carbocycles. The molecule has 4 aromatic rings. The maximum Gasteiger partial charge on any atom is 0.202 e. The number of benzene rings is 1. The molecule has 0 atom stereocenters. The van der Waals surface area contributed by atoms with Gasteiger partial charge in [0, 0.05) is 11.9 Å². The predicted octanol–water partition coefficient (Wildman–Crippen LogP) is 4.45. The van der Waals surface area contributed by atoms with Gasteiger partial charge in [0.15, 0.2) is 5.82 Å². The van der Waals surface area contributed by atoms with Crippen LogP contribution >= 0.6 is 11.8 Å². The standard InChI is InChI=1S/C21H20N6S/c1-4-16-13-19(24-20(23-16)17-10-7-8-12-22-17)28-21-26-25-15(3)27(21)18-11-6-5-9-14(18)2/h5-13H,4H2,1-3H3. The highest BCUT2D eigenvalue weighted by Gasteiger charge is 2.16. The Morgan fingerprint density at radius 2 is 1.79 bits per heavy atom. The second kappa shape index (κ2) is 7.90. The summed E-state index contributed by atoms with van der Waals surface area (Å²) in [6.45, 7) is 6.13. The highest BCUT2D eigenvalue weighted by atomic mass is 32.2. The molecule has 0 N–H and O–H groups in total. The molecular weight excluding hydrogens is 368 g/mol. The number of para-hydroxylation sites is 1. The molecule has 0 amide bonds. The Kier molecular flexibility index (Phi) is 5.16. The van der Waals surface area contributed by atoms with Crippen LogP contribution in [0.1, 0.15) is 24.0 Å². The highest BCUT2D eigenvalue weighted by molar-refractivity contribution is 7.99. The van der Waals surface area contributed by atoms with E-state index < -0.39 is 0 Å². The molecular formula is C21H20N6S. The summed E-state index contributed by atoms with van der Waals surface area (Å²) in [6, 6.07) is 16.0. The normalized spacial score (nSPS) is 11.0. The van der Waals surface area contributed by atoms with Crippen molar-refractivity contribution < 1.29 is 0 Å². The lowest BCUT2D eigenvalue weighted by Gasteiger charge is -2.11. The van der Waals surface area contributed by atoms with Crippen molar-refractivity contribution in [3.8, 4) is 17.2 Å². The van der Waals surface area contributed by atoms with E-state index in [0.717, 1.165) is 39.5 Å². The molecule has 0 spiro atoms. The van der Waals surface area contributed by atoms with Crippen molar-refractivity contribution >= 4 is 11.8 Å². The average Bonchev–Trinajstić information content (AvgIpc) is 3.08. The molecule has 0 aliphatic heterocycles. The highest BCUT2D eigenvalue weighted by Crippen LogP contribution is 2.30. The molecule has 0 saturated heterocycles. The minimum Gasteiger partial charge on any atom is -0.274 e. The second-order valence-electron chi connectivity index (χ2n) is 6.34. The third-order valence-corrected chi connectivity index (χ3v) is 5.22. The number of aromatic nitrogens is 6. The van der Waals surface area contributed by atoms with Crippen LogP contribution in [0.15, 0.2) is 64.9 Å². The number of pyridine rings is 1. The van der Waals surface area contributed by atoms with Gasteiger partial charge in [-0.1, -0.05) is 31.2 Å². The number of nitrogens with zero attached hydrogens (tertiary/aromatic N) is 6. The second-order valence-corrected chi connectivity index (χ2v) is 7.33. The number of hydrogen-bond donors (Lipinski definition) is 0. The van der Waals surface area contributed by atoms with Gasteiger partial charge in [-0.15, -0.1) is 10.2 Å². The average molecular weight is 389 g/mol. The van der Waals surface area contributed by atoms with Crippen molar-refractivity contribution in [2.75, 3.05) is 0 Å². The van der Waals surface area contributed by atoms with E-state index in [9.17, 15) is 0 Å². The monoisotopic (exact) mass is 388 g/mol. The van der Waals surface area contributed by atoms with Crippen molar-refractivity contribution in [2.24, 2.45) is 0 Å². The fourth-order valence-electron chi connectivity index (χ4n) is 2.91. The molecule has 1 aromatic carbocycles. The lowest BCUT2D eigenvalue weighted by Crippen LogP contribution is -2.02. The summed E-state index contributed by atoms with van der Waals surface area (Å²) in [6.07, 6.45) is 2.57. The summed E-state index contributed by atoms with van der Waals surface area (Å²) >= 11 is 1.49. The molecule has 3 heterocycles. The molecule has 0 aliphatic rings. The molecule has 0 unspecified atom stereocenters. The Morgan fingerprint density at radius 1 is 0.964 bits per heavy atom. The quantitative estimate of drug-likeness (QED) is 0.471. The Morgan fingerprint density at radius 3 is 2.54 bits per heavy atom. The summed E-state index contributed by atoms with van der Waals surface area (Å²) in [5.74, 6) is 1.47. The SMILES string of the molecule is CCc1cc(Sc2nnc(C)n2-c2ccccc2C)nc(-c2ccccn2)n1. The van der Waals surface area contributed by atoms with Crippen LogP contribution in [0.5, 0.6) is 0 Å². The van der Waals surface area contributed by atoms with Crippen molar-refractivity contribution in [3.63, 3.8) is 0 Å². The van der Waals surface area contributed by atoms with Crippen molar-refractivity contribution in [1.82, 2.24) is 29.7 Å². The molecule has 4 rings (SSSR count). The molecule has 0 bridgehead atoms. The van der Waals surface area contributed by atoms with Gasteiger partial charge >= 0.3 is 0 Å². The topological polar surface area (TPSA) is 69.4 Å². The zero-order valence-electron chi connectivity index (χ0n) is 16.0. The Labute approximate surface area is 168 Å². The van der Waals surface area contributed by atoms with Gasteiger partial charge < -0.3 is 0 Å². The summed E-state index contributed by atoms with van der Waals surface area (Å²) in [5.41, 5.74) is 3.97. The first-order chi connectivity index (χ1) is 13.7. The van der Waals surface area contributed by atoms with Crippen LogP contribution in [-0.4, -0.2) is 29.7 Å². The van der Waals surface area contributed by atoms with Gasteiger partial charge in [0.2, 0.25) is 5.16 Å². The maximum atomic E-state index is 4.72. The van der Waals surface area contributed by atoms with E-state index in [1.165, 1.54) is 17.3 Å². The van der Waals surface area contributed by atoms with Crippen molar-refractivity contribution in [3.05, 3.63) is 71.8 Å². The molecule has 7 heteroatoms. The molecule has 0 radical (unpaired) electrons. The minimum absolute atomic E-state index is 0.626. The Hall–Kier alpha value is -3.06.